The van der Waals surface area contributed by atoms with E-state index in [0.29, 0.717) is 29.7 Å². The number of nitrogens with one attached hydrogen (secondary N) is 2. The largest absolute Gasteiger partial charge is 0.497 e. The number of aromatic amines is 1. The van der Waals surface area contributed by atoms with Crippen molar-refractivity contribution in [2.75, 3.05) is 13.7 Å². The predicted molar refractivity (Wildman–Crippen MR) is 120 cm³/mol. The van der Waals surface area contributed by atoms with Crippen molar-refractivity contribution in [2.24, 2.45) is 5.92 Å². The third-order valence-corrected chi connectivity index (χ3v) is 4.94. The van der Waals surface area contributed by atoms with Gasteiger partial charge in [0.15, 0.2) is 5.11 Å². The van der Waals surface area contributed by atoms with Gasteiger partial charge < -0.3 is 19.9 Å². The van der Waals surface area contributed by atoms with Crippen LogP contribution in [0.4, 0.5) is 0 Å². The molecule has 7 heteroatoms. The van der Waals surface area contributed by atoms with Gasteiger partial charge in [0.2, 0.25) is 0 Å². The summed E-state index contributed by atoms with van der Waals surface area (Å²) in [5.74, 6) is 1.21. The van der Waals surface area contributed by atoms with Crippen molar-refractivity contribution in [2.45, 2.75) is 26.9 Å². The van der Waals surface area contributed by atoms with E-state index in [1.807, 2.05) is 47.5 Å². The van der Waals surface area contributed by atoms with E-state index in [0.717, 1.165) is 28.8 Å². The van der Waals surface area contributed by atoms with Gasteiger partial charge in [0.05, 0.1) is 13.7 Å². The van der Waals surface area contributed by atoms with Crippen LogP contribution in [0, 0.1) is 5.92 Å². The second-order valence-corrected chi connectivity index (χ2v) is 7.76. The van der Waals surface area contributed by atoms with Crippen LogP contribution in [0.2, 0.25) is 0 Å². The minimum atomic E-state index is -0.120. The van der Waals surface area contributed by atoms with Gasteiger partial charge in [-0.2, -0.15) is 0 Å². The summed E-state index contributed by atoms with van der Waals surface area (Å²) in [6.45, 7) is 5.98. The Morgan fingerprint density at radius 2 is 2.10 bits per heavy atom. The molecule has 0 fully saturated rings. The lowest BCUT2D eigenvalue weighted by Gasteiger charge is -2.26. The zero-order valence-electron chi connectivity index (χ0n) is 16.9. The normalized spacial score (nSPS) is 10.9. The van der Waals surface area contributed by atoms with Gasteiger partial charge in [-0.3, -0.25) is 9.78 Å². The molecule has 1 aromatic carbocycles. The molecule has 0 unspecified atom stereocenters. The van der Waals surface area contributed by atoms with Gasteiger partial charge in [0.1, 0.15) is 5.75 Å². The molecule has 0 radical (unpaired) electrons. The molecule has 6 nitrogen and oxygen atoms in total. The van der Waals surface area contributed by atoms with Crippen LogP contribution in [-0.2, 0) is 13.1 Å². The smallest absolute Gasteiger partial charge is 0.253 e. The molecule has 0 saturated heterocycles. The van der Waals surface area contributed by atoms with Crippen LogP contribution in [0.1, 0.15) is 25.0 Å². The van der Waals surface area contributed by atoms with Crippen LogP contribution in [-0.4, -0.2) is 33.6 Å². The second kappa shape index (κ2) is 9.52. The van der Waals surface area contributed by atoms with Crippen molar-refractivity contribution in [1.29, 1.82) is 0 Å². The lowest BCUT2D eigenvalue weighted by atomic mass is 10.1. The van der Waals surface area contributed by atoms with Gasteiger partial charge in [-0.1, -0.05) is 19.9 Å². The van der Waals surface area contributed by atoms with E-state index in [1.54, 1.807) is 13.3 Å². The Morgan fingerprint density at radius 1 is 1.28 bits per heavy atom. The van der Waals surface area contributed by atoms with Crippen LogP contribution in [0.25, 0.3) is 10.9 Å². The minimum absolute atomic E-state index is 0.120. The van der Waals surface area contributed by atoms with E-state index in [2.05, 4.69) is 29.1 Å². The third kappa shape index (κ3) is 5.54. The number of rotatable bonds is 7. The van der Waals surface area contributed by atoms with Crippen molar-refractivity contribution in [3.05, 3.63) is 70.3 Å². The van der Waals surface area contributed by atoms with Gasteiger partial charge in [-0.05, 0) is 54.0 Å². The summed E-state index contributed by atoms with van der Waals surface area (Å²) >= 11 is 5.63. The molecule has 0 atom stereocenters. The molecule has 3 aromatic rings. The van der Waals surface area contributed by atoms with Crippen LogP contribution >= 0.6 is 12.2 Å². The molecule has 0 aliphatic heterocycles. The van der Waals surface area contributed by atoms with Gasteiger partial charge in [-0.15, -0.1) is 0 Å². The number of methoxy groups -OCH3 is 1. The highest BCUT2D eigenvalue weighted by Gasteiger charge is 2.14. The lowest BCUT2D eigenvalue weighted by Crippen LogP contribution is -2.41. The zero-order valence-corrected chi connectivity index (χ0v) is 17.8. The first-order valence-electron chi connectivity index (χ1n) is 9.58. The van der Waals surface area contributed by atoms with E-state index >= 15 is 0 Å². The summed E-state index contributed by atoms with van der Waals surface area (Å²) in [5.41, 5.74) is 2.33. The first-order chi connectivity index (χ1) is 14.0. The van der Waals surface area contributed by atoms with Gasteiger partial charge in [0.25, 0.3) is 5.56 Å². The molecule has 0 spiro atoms. The molecule has 3 rings (SSSR count). The summed E-state index contributed by atoms with van der Waals surface area (Å²) < 4.78 is 5.30. The summed E-state index contributed by atoms with van der Waals surface area (Å²) in [6.07, 6.45) is 3.55. The lowest BCUT2D eigenvalue weighted by molar-refractivity contribution is 0.393. The van der Waals surface area contributed by atoms with E-state index in [4.69, 9.17) is 17.0 Å². The standard InChI is InChI=1S/C22H26N4O2S/c1-15(2)11-24-22(29)26(13-16-5-4-8-23-12-16)14-18-9-17-10-19(28-3)6-7-20(17)25-21(18)27/h4-10,12,15H,11,13-14H2,1-3H3,(H,24,29)(H,25,27). The van der Waals surface area contributed by atoms with Crippen molar-refractivity contribution in [3.8, 4) is 5.75 Å². The number of ether oxygens (including phenoxy) is 1. The van der Waals surface area contributed by atoms with Crippen LogP contribution in [0.3, 0.4) is 0 Å². The Hall–Kier alpha value is -2.93. The number of pyridine rings is 2. The number of nitrogens with zero attached hydrogens (tertiary/aromatic N) is 2. The van der Waals surface area contributed by atoms with E-state index in [9.17, 15) is 4.79 Å². The van der Waals surface area contributed by atoms with E-state index in [1.165, 1.54) is 0 Å². The van der Waals surface area contributed by atoms with Crippen LogP contribution in [0.5, 0.6) is 5.75 Å². The number of fused-ring (bicyclic) bond motifs is 1. The maximum absolute atomic E-state index is 12.7. The molecule has 2 aromatic heterocycles. The van der Waals surface area contributed by atoms with Crippen LogP contribution in [0.15, 0.2) is 53.6 Å². The molecular formula is C22H26N4O2S. The number of hydrogen-bond donors (Lipinski definition) is 2. The molecule has 152 valence electrons. The van der Waals surface area contributed by atoms with Crippen molar-refractivity contribution < 1.29 is 4.74 Å². The first kappa shape index (κ1) is 20.8. The number of aromatic nitrogens is 2. The molecular weight excluding hydrogens is 384 g/mol. The topological polar surface area (TPSA) is 70.2 Å². The maximum atomic E-state index is 12.7. The zero-order chi connectivity index (χ0) is 20.8. The summed E-state index contributed by atoms with van der Waals surface area (Å²) in [7, 11) is 1.63. The monoisotopic (exact) mass is 410 g/mol. The Morgan fingerprint density at radius 3 is 2.79 bits per heavy atom. The number of hydrogen-bond acceptors (Lipinski definition) is 4. The van der Waals surface area contributed by atoms with Crippen molar-refractivity contribution in [1.82, 2.24) is 20.2 Å². The minimum Gasteiger partial charge on any atom is -0.497 e. The quantitative estimate of drug-likeness (QED) is 0.582. The molecule has 0 saturated carbocycles. The Labute approximate surface area is 175 Å². The fraction of sp³-hybridized carbons (Fsp3) is 0.318. The fourth-order valence-corrected chi connectivity index (χ4v) is 3.21. The molecule has 2 heterocycles. The third-order valence-electron chi connectivity index (χ3n) is 4.53. The van der Waals surface area contributed by atoms with E-state index in [-0.39, 0.29) is 5.56 Å². The number of H-pyrrole nitrogens is 1. The maximum Gasteiger partial charge on any atom is 0.253 e. The SMILES string of the molecule is COc1ccc2[nH]c(=O)c(CN(Cc3cccnc3)C(=S)NCC(C)C)cc2c1. The summed E-state index contributed by atoms with van der Waals surface area (Å²) in [5, 5.41) is 4.84. The van der Waals surface area contributed by atoms with Gasteiger partial charge >= 0.3 is 0 Å². The molecule has 0 aliphatic rings. The highest BCUT2D eigenvalue weighted by molar-refractivity contribution is 7.80. The Bertz CT molecular complexity index is 1030. The first-order valence-corrected chi connectivity index (χ1v) is 9.98. The van der Waals surface area contributed by atoms with Crippen LogP contribution < -0.4 is 15.6 Å². The number of benzene rings is 1. The Kier molecular flexibility index (Phi) is 6.82. The molecule has 0 amide bonds. The average Bonchev–Trinajstić information content (AvgIpc) is 2.72. The van der Waals surface area contributed by atoms with Gasteiger partial charge in [-0.25, -0.2) is 0 Å². The Balaban J connectivity index is 1.90. The molecule has 0 aliphatic carbocycles. The average molecular weight is 411 g/mol. The fourth-order valence-electron chi connectivity index (χ4n) is 2.99. The summed E-state index contributed by atoms with van der Waals surface area (Å²) in [6, 6.07) is 11.4. The summed E-state index contributed by atoms with van der Waals surface area (Å²) in [4.78, 5) is 21.8. The molecule has 2 N–H and O–H groups in total. The molecule has 29 heavy (non-hydrogen) atoms. The van der Waals surface area contributed by atoms with Crippen molar-refractivity contribution >= 4 is 28.2 Å². The second-order valence-electron chi connectivity index (χ2n) is 7.37. The molecule has 0 bridgehead atoms. The predicted octanol–water partition coefficient (Wildman–Crippen LogP) is 3.46. The van der Waals surface area contributed by atoms with E-state index < -0.39 is 0 Å². The van der Waals surface area contributed by atoms with Crippen molar-refractivity contribution in [3.63, 3.8) is 0 Å². The highest BCUT2D eigenvalue weighted by atomic mass is 32.1. The van der Waals surface area contributed by atoms with Gasteiger partial charge in [0, 0.05) is 41.9 Å². The number of thiocarbonyl (C=S) groups is 1. The highest BCUT2D eigenvalue weighted by Crippen LogP contribution is 2.19.